The predicted molar refractivity (Wildman–Crippen MR) is 94.0 cm³/mol. The maximum atomic E-state index is 12.2. The monoisotopic (exact) mass is 343 g/mol. The average Bonchev–Trinajstić information content (AvgIpc) is 3.02. The van der Waals surface area contributed by atoms with E-state index in [2.05, 4.69) is 44.4 Å². The molecule has 1 amide bonds. The predicted octanol–water partition coefficient (Wildman–Crippen LogP) is 1.03. The molecule has 0 spiro atoms. The van der Waals surface area contributed by atoms with Crippen LogP contribution in [0.1, 0.15) is 23.3 Å². The Morgan fingerprint density at radius 2 is 1.96 bits per heavy atom. The molecule has 1 N–H and O–H groups in total. The summed E-state index contributed by atoms with van der Waals surface area (Å²) in [5.74, 6) is 0.809. The second-order valence-electron chi connectivity index (χ2n) is 6.48. The number of aryl methyl sites for hydroxylation is 1. The van der Waals surface area contributed by atoms with Crippen molar-refractivity contribution in [2.75, 3.05) is 39.8 Å². The Morgan fingerprint density at radius 1 is 1.24 bits per heavy atom. The maximum absolute atomic E-state index is 12.2. The molecule has 0 saturated carbocycles. The Balaban J connectivity index is 1.62. The molecule has 2 heterocycles. The molecule has 1 saturated heterocycles. The van der Waals surface area contributed by atoms with E-state index in [1.54, 1.807) is 6.92 Å². The number of piperazine rings is 1. The Morgan fingerprint density at radius 3 is 2.60 bits per heavy atom. The lowest BCUT2D eigenvalue weighted by molar-refractivity contribution is -0.120. The molecule has 1 unspecified atom stereocenters. The summed E-state index contributed by atoms with van der Waals surface area (Å²) in [5.41, 5.74) is 1.22. The molecule has 3 rings (SSSR count). The lowest BCUT2D eigenvalue weighted by Crippen LogP contribution is -2.48. The molecule has 134 valence electrons. The van der Waals surface area contributed by atoms with Crippen LogP contribution in [0.5, 0.6) is 0 Å². The number of likely N-dealkylation sites (N-methyl/N-ethyl adjacent to an activating group) is 1. The van der Waals surface area contributed by atoms with Gasteiger partial charge < -0.3 is 14.7 Å². The third-order valence-corrected chi connectivity index (χ3v) is 4.54. The molecular weight excluding hydrogens is 318 g/mol. The van der Waals surface area contributed by atoms with Crippen molar-refractivity contribution in [3.8, 4) is 0 Å². The number of rotatable bonds is 6. The zero-order valence-electron chi connectivity index (χ0n) is 14.8. The van der Waals surface area contributed by atoms with Gasteiger partial charge in [-0.1, -0.05) is 35.5 Å². The van der Waals surface area contributed by atoms with Crippen LogP contribution in [0.3, 0.4) is 0 Å². The van der Waals surface area contributed by atoms with E-state index < -0.39 is 0 Å². The van der Waals surface area contributed by atoms with Gasteiger partial charge in [0.2, 0.25) is 11.8 Å². The maximum Gasteiger partial charge on any atom is 0.227 e. The minimum Gasteiger partial charge on any atom is -0.354 e. The van der Waals surface area contributed by atoms with Gasteiger partial charge in [0.25, 0.3) is 0 Å². The van der Waals surface area contributed by atoms with Crippen molar-refractivity contribution < 1.29 is 9.32 Å². The summed E-state index contributed by atoms with van der Waals surface area (Å²) in [7, 11) is 2.14. The van der Waals surface area contributed by atoms with E-state index in [9.17, 15) is 4.79 Å². The van der Waals surface area contributed by atoms with Crippen molar-refractivity contribution in [1.82, 2.24) is 25.3 Å². The van der Waals surface area contributed by atoms with Crippen LogP contribution in [-0.4, -0.2) is 65.6 Å². The number of nitrogens with one attached hydrogen (secondary N) is 1. The molecule has 7 nitrogen and oxygen atoms in total. The van der Waals surface area contributed by atoms with Gasteiger partial charge in [-0.2, -0.15) is 4.98 Å². The van der Waals surface area contributed by atoms with Gasteiger partial charge in [-0.3, -0.25) is 9.69 Å². The smallest absolute Gasteiger partial charge is 0.227 e. The summed E-state index contributed by atoms with van der Waals surface area (Å²) in [6.07, 6.45) is 0.140. The first-order chi connectivity index (χ1) is 12.1. The highest BCUT2D eigenvalue weighted by Gasteiger charge is 2.24. The summed E-state index contributed by atoms with van der Waals surface area (Å²) in [4.78, 5) is 21.1. The van der Waals surface area contributed by atoms with Crippen molar-refractivity contribution in [2.45, 2.75) is 19.4 Å². The molecule has 0 radical (unpaired) electrons. The quantitative estimate of drug-likeness (QED) is 0.844. The molecule has 7 heteroatoms. The number of amides is 1. The van der Waals surface area contributed by atoms with E-state index in [4.69, 9.17) is 4.52 Å². The van der Waals surface area contributed by atoms with Crippen LogP contribution in [-0.2, 0) is 11.2 Å². The average molecular weight is 343 g/mol. The fourth-order valence-corrected chi connectivity index (χ4v) is 3.10. The zero-order chi connectivity index (χ0) is 17.6. The standard InChI is InChI=1S/C18H25N5O2/c1-14-20-17(21-25-14)12-18(24)19-13-16(15-6-4-3-5-7-15)23-10-8-22(2)9-11-23/h3-7,16H,8-13H2,1-2H3,(H,19,24). The fourth-order valence-electron chi connectivity index (χ4n) is 3.10. The minimum atomic E-state index is -0.0872. The number of aromatic nitrogens is 2. The van der Waals surface area contributed by atoms with Gasteiger partial charge in [0.05, 0.1) is 12.5 Å². The van der Waals surface area contributed by atoms with Gasteiger partial charge in [0.1, 0.15) is 0 Å². The summed E-state index contributed by atoms with van der Waals surface area (Å²) in [6.45, 7) is 6.36. The molecule has 1 aliphatic heterocycles. The van der Waals surface area contributed by atoms with Crippen LogP contribution in [0.25, 0.3) is 0 Å². The number of carbonyl (C=O) groups excluding carboxylic acids is 1. The number of hydrogen-bond acceptors (Lipinski definition) is 6. The van der Waals surface area contributed by atoms with Crippen molar-refractivity contribution >= 4 is 5.91 Å². The number of nitrogens with zero attached hydrogens (tertiary/aromatic N) is 4. The Bertz CT molecular complexity index is 680. The van der Waals surface area contributed by atoms with E-state index in [0.717, 1.165) is 26.2 Å². The summed E-state index contributed by atoms with van der Waals surface area (Å²) in [5, 5.41) is 6.81. The van der Waals surface area contributed by atoms with Crippen molar-refractivity contribution in [3.05, 3.63) is 47.6 Å². The van der Waals surface area contributed by atoms with Gasteiger partial charge >= 0.3 is 0 Å². The van der Waals surface area contributed by atoms with Crippen LogP contribution >= 0.6 is 0 Å². The molecule has 1 atom stereocenters. The van der Waals surface area contributed by atoms with Crippen molar-refractivity contribution in [2.24, 2.45) is 0 Å². The molecule has 1 aliphatic rings. The highest BCUT2D eigenvalue weighted by molar-refractivity contribution is 5.77. The van der Waals surface area contributed by atoms with Crippen LogP contribution in [0.2, 0.25) is 0 Å². The minimum absolute atomic E-state index is 0.0872. The van der Waals surface area contributed by atoms with Gasteiger partial charge in [0.15, 0.2) is 5.82 Å². The highest BCUT2D eigenvalue weighted by Crippen LogP contribution is 2.21. The number of carbonyl (C=O) groups is 1. The van der Waals surface area contributed by atoms with Crippen molar-refractivity contribution in [3.63, 3.8) is 0 Å². The molecule has 25 heavy (non-hydrogen) atoms. The van der Waals surface area contributed by atoms with Gasteiger partial charge in [0, 0.05) is 39.6 Å². The van der Waals surface area contributed by atoms with E-state index in [-0.39, 0.29) is 18.4 Å². The van der Waals surface area contributed by atoms with Gasteiger partial charge in [-0.25, -0.2) is 0 Å². The largest absolute Gasteiger partial charge is 0.354 e. The van der Waals surface area contributed by atoms with Crippen LogP contribution in [0.4, 0.5) is 0 Å². The molecule has 1 aromatic carbocycles. The van der Waals surface area contributed by atoms with Gasteiger partial charge in [-0.15, -0.1) is 0 Å². The fraction of sp³-hybridized carbons (Fsp3) is 0.500. The van der Waals surface area contributed by atoms with E-state index in [1.807, 2.05) is 18.2 Å². The molecule has 0 bridgehead atoms. The summed E-state index contributed by atoms with van der Waals surface area (Å²) < 4.78 is 4.91. The van der Waals surface area contributed by atoms with E-state index in [1.165, 1.54) is 5.56 Å². The molecule has 1 fully saturated rings. The number of benzene rings is 1. The van der Waals surface area contributed by atoms with Crippen LogP contribution in [0, 0.1) is 6.92 Å². The zero-order valence-corrected chi connectivity index (χ0v) is 14.8. The lowest BCUT2D eigenvalue weighted by atomic mass is 10.0. The Labute approximate surface area is 148 Å². The molecule has 0 aliphatic carbocycles. The Kier molecular flexibility index (Phi) is 5.78. The molecule has 1 aromatic heterocycles. The summed E-state index contributed by atoms with van der Waals surface area (Å²) >= 11 is 0. The SMILES string of the molecule is Cc1nc(CC(=O)NCC(c2ccccc2)N2CCN(C)CC2)no1. The first-order valence-corrected chi connectivity index (χ1v) is 8.65. The first-order valence-electron chi connectivity index (χ1n) is 8.65. The summed E-state index contributed by atoms with van der Waals surface area (Å²) in [6, 6.07) is 10.5. The van der Waals surface area contributed by atoms with Crippen LogP contribution in [0.15, 0.2) is 34.9 Å². The normalized spacial score (nSPS) is 17.4. The second-order valence-corrected chi connectivity index (χ2v) is 6.48. The third kappa shape index (κ3) is 4.87. The third-order valence-electron chi connectivity index (χ3n) is 4.54. The van der Waals surface area contributed by atoms with Gasteiger partial charge in [-0.05, 0) is 12.6 Å². The topological polar surface area (TPSA) is 74.5 Å². The highest BCUT2D eigenvalue weighted by atomic mass is 16.5. The first kappa shape index (κ1) is 17.6. The number of hydrogen-bond donors (Lipinski definition) is 1. The van der Waals surface area contributed by atoms with Crippen LogP contribution < -0.4 is 5.32 Å². The van der Waals surface area contributed by atoms with Crippen molar-refractivity contribution in [1.29, 1.82) is 0 Å². The molecular formula is C18H25N5O2. The Hall–Kier alpha value is -2.25. The lowest BCUT2D eigenvalue weighted by Gasteiger charge is -2.38. The van der Waals surface area contributed by atoms with E-state index >= 15 is 0 Å². The van der Waals surface area contributed by atoms with E-state index in [0.29, 0.717) is 18.3 Å². The molecule has 2 aromatic rings. The second kappa shape index (κ2) is 8.22.